The molecule has 0 radical (unpaired) electrons. The minimum absolute atomic E-state index is 0.682. The Morgan fingerprint density at radius 1 is 0.212 bits per heavy atom. The van der Waals surface area contributed by atoms with Crippen LogP contribution in [0.15, 0.2) is 0 Å². The van der Waals surface area contributed by atoms with Crippen LogP contribution in [-0.2, 0) is 105 Å². The van der Waals surface area contributed by atoms with Gasteiger partial charge in [0.2, 0.25) is 0 Å². The molecule has 370 valence electrons. The normalized spacial score (nSPS) is 10.8. The van der Waals surface area contributed by atoms with Gasteiger partial charge in [-0.3, -0.25) is 67.1 Å². The molecule has 0 aromatic rings. The second-order valence-electron chi connectivity index (χ2n) is 14.1. The zero-order chi connectivity index (χ0) is 50.3. The van der Waals surface area contributed by atoms with Crippen molar-refractivity contribution in [2.45, 2.75) is 89.9 Å². The highest BCUT2D eigenvalue weighted by Gasteiger charge is 2.40. The van der Waals surface area contributed by atoms with E-state index in [1.54, 1.807) is 0 Å². The van der Waals surface area contributed by atoms with Gasteiger partial charge in [-0.15, -0.1) is 0 Å². The van der Waals surface area contributed by atoms with Crippen molar-refractivity contribution in [3.63, 3.8) is 0 Å². The molecule has 28 nitrogen and oxygen atoms in total. The first-order valence-corrected chi connectivity index (χ1v) is 19.4. The third-order valence-electron chi connectivity index (χ3n) is 8.11. The molecule has 28 heteroatoms. The average Bonchev–Trinajstić information content (AvgIpc) is 3.25. The number of hydrogen-bond donors (Lipinski definition) is 6. The van der Waals surface area contributed by atoms with Crippen LogP contribution in [0.2, 0.25) is 0 Å². The van der Waals surface area contributed by atoms with Crippen molar-refractivity contribution in [2.24, 2.45) is 10.8 Å². The molecule has 0 aromatic carbocycles. The van der Waals surface area contributed by atoms with E-state index in [0.717, 1.165) is 0 Å². The van der Waals surface area contributed by atoms with Crippen molar-refractivity contribution in [3.05, 3.63) is 0 Å². The zero-order valence-electron chi connectivity index (χ0n) is 35.2. The van der Waals surface area contributed by atoms with Crippen LogP contribution in [0.4, 0.5) is 0 Å². The molecular formula is C38H50O28. The Balaban J connectivity index is 6.36. The molecule has 0 saturated carbocycles. The van der Waals surface area contributed by atoms with E-state index in [1.807, 2.05) is 0 Å². The lowest BCUT2D eigenvalue weighted by Crippen LogP contribution is -2.44. The summed E-state index contributed by atoms with van der Waals surface area (Å²) in [5.74, 6) is -17.6. The molecule has 0 aromatic heterocycles. The van der Waals surface area contributed by atoms with E-state index < -0.39 is 237 Å². The number of aliphatic carboxylic acids is 6. The van der Waals surface area contributed by atoms with Crippen LogP contribution >= 0.6 is 0 Å². The van der Waals surface area contributed by atoms with E-state index in [2.05, 4.69) is 0 Å². The van der Waals surface area contributed by atoms with Crippen LogP contribution in [-0.4, -0.2) is 167 Å². The largest absolute Gasteiger partial charge is 0.481 e. The number of hydrogen-bond acceptors (Lipinski definition) is 22. The number of rotatable bonds is 37. The summed E-state index contributed by atoms with van der Waals surface area (Å²) in [4.78, 5) is 166. The first-order chi connectivity index (χ1) is 30.9. The molecule has 0 spiro atoms. The second kappa shape index (κ2) is 31.4. The Hall–Kier alpha value is -7.42. The minimum atomic E-state index is -2.02. The fraction of sp³-hybridized carbons (Fsp3) is 0.632. The third-order valence-corrected chi connectivity index (χ3v) is 8.11. The number of carbonyl (C=O) groups is 14. The monoisotopic (exact) mass is 954 g/mol. The van der Waals surface area contributed by atoms with Crippen LogP contribution in [0.5, 0.6) is 0 Å². The van der Waals surface area contributed by atoms with Gasteiger partial charge in [0.1, 0.15) is 63.7 Å². The highest BCUT2D eigenvalue weighted by atomic mass is 16.6. The molecule has 0 heterocycles. The summed E-state index contributed by atoms with van der Waals surface area (Å²) < 4.78 is 40.9. The van der Waals surface area contributed by atoms with Crippen molar-refractivity contribution in [2.75, 3.05) is 52.9 Å². The van der Waals surface area contributed by atoms with Crippen molar-refractivity contribution >= 4 is 83.6 Å². The first kappa shape index (κ1) is 58.6. The summed E-state index contributed by atoms with van der Waals surface area (Å²) >= 11 is 0. The number of carboxylic acids is 6. The Kier molecular flexibility index (Phi) is 27.9. The van der Waals surface area contributed by atoms with Gasteiger partial charge < -0.3 is 68.5 Å². The van der Waals surface area contributed by atoms with Gasteiger partial charge >= 0.3 is 83.6 Å². The van der Waals surface area contributed by atoms with Crippen molar-refractivity contribution in [1.82, 2.24) is 0 Å². The average molecular weight is 955 g/mol. The molecule has 0 aliphatic rings. The predicted octanol–water partition coefficient (Wildman–Crippen LogP) is -0.726. The van der Waals surface area contributed by atoms with Gasteiger partial charge in [0.05, 0.1) is 89.9 Å². The van der Waals surface area contributed by atoms with Crippen LogP contribution in [0.25, 0.3) is 0 Å². The Morgan fingerprint density at radius 2 is 0.318 bits per heavy atom. The van der Waals surface area contributed by atoms with Gasteiger partial charge in [-0.2, -0.15) is 0 Å². The Morgan fingerprint density at radius 3 is 0.424 bits per heavy atom. The SMILES string of the molecule is O=C(O)CCC(=O)OCC(COC(=O)CCC(=O)O)(COC(=O)CCC(=O)O)COC(=O)CCC(=O)OCC(COC(=O)CCC(=O)O)(COC(=O)CCC(=O)O)COC(=O)CCC(=O)O. The summed E-state index contributed by atoms with van der Waals surface area (Å²) in [7, 11) is 0. The minimum Gasteiger partial charge on any atom is -0.481 e. The standard InChI is InChI=1S/C38H50O28/c39-23(40)1-7-29(51)59-15-37(16-60-30(52)8-2-24(41)42,17-61-31(53)9-3-25(43)44)21-65-35(57)13-14-36(58)66-22-38(18-62-32(54)10-4-26(45)46,19-63-33(55)11-5-27(47)48)20-64-34(56)12-6-28(49)50/h1-22H2,(H,39,40)(H,41,42)(H,43,44)(H,45,46)(H,47,48)(H,49,50). The molecule has 0 unspecified atom stereocenters. The zero-order valence-corrected chi connectivity index (χ0v) is 35.2. The lowest BCUT2D eigenvalue weighted by molar-refractivity contribution is -0.176. The molecule has 0 fully saturated rings. The molecule has 0 saturated heterocycles. The van der Waals surface area contributed by atoms with Crippen LogP contribution < -0.4 is 0 Å². The van der Waals surface area contributed by atoms with E-state index >= 15 is 0 Å². The third kappa shape index (κ3) is 30.6. The van der Waals surface area contributed by atoms with Crippen molar-refractivity contribution < 1.29 is 136 Å². The topological polar surface area (TPSA) is 434 Å². The summed E-state index contributed by atoms with van der Waals surface area (Å²) in [6.45, 7) is -7.39. The molecule has 0 aliphatic heterocycles. The Bertz CT molecular complexity index is 1470. The van der Waals surface area contributed by atoms with E-state index in [1.165, 1.54) is 0 Å². The highest BCUT2D eigenvalue weighted by Crippen LogP contribution is 2.25. The predicted molar refractivity (Wildman–Crippen MR) is 203 cm³/mol. The van der Waals surface area contributed by atoms with Gasteiger partial charge in [0.25, 0.3) is 0 Å². The summed E-state index contributed by atoms with van der Waals surface area (Å²) in [6, 6.07) is 0. The van der Waals surface area contributed by atoms with Crippen molar-refractivity contribution in [1.29, 1.82) is 0 Å². The van der Waals surface area contributed by atoms with Crippen LogP contribution in [0.3, 0.4) is 0 Å². The van der Waals surface area contributed by atoms with E-state index in [4.69, 9.17) is 68.5 Å². The lowest BCUT2D eigenvalue weighted by atomic mass is 9.92. The first-order valence-electron chi connectivity index (χ1n) is 19.4. The van der Waals surface area contributed by atoms with Crippen LogP contribution in [0, 0.1) is 10.8 Å². The maximum absolute atomic E-state index is 13.0. The van der Waals surface area contributed by atoms with Gasteiger partial charge in [-0.05, 0) is 0 Å². The second-order valence-corrected chi connectivity index (χ2v) is 14.1. The molecule has 6 N–H and O–H groups in total. The van der Waals surface area contributed by atoms with Gasteiger partial charge in [0.15, 0.2) is 0 Å². The van der Waals surface area contributed by atoms with Crippen LogP contribution in [0.1, 0.15) is 89.9 Å². The fourth-order valence-corrected chi connectivity index (χ4v) is 4.40. The molecule has 0 aliphatic carbocycles. The van der Waals surface area contributed by atoms with E-state index in [0.29, 0.717) is 0 Å². The van der Waals surface area contributed by atoms with Crippen molar-refractivity contribution in [3.8, 4) is 0 Å². The molecule has 66 heavy (non-hydrogen) atoms. The van der Waals surface area contributed by atoms with Gasteiger partial charge in [-0.25, -0.2) is 0 Å². The lowest BCUT2D eigenvalue weighted by Gasteiger charge is -2.32. The molecular weight excluding hydrogens is 904 g/mol. The number of esters is 8. The molecule has 0 bridgehead atoms. The van der Waals surface area contributed by atoms with E-state index in [-0.39, 0.29) is 0 Å². The summed E-state index contributed by atoms with van der Waals surface area (Å²) in [5.41, 5.74) is -4.03. The van der Waals surface area contributed by atoms with Gasteiger partial charge in [-0.1, -0.05) is 0 Å². The molecule has 0 rings (SSSR count). The molecule has 0 atom stereocenters. The summed E-state index contributed by atoms with van der Waals surface area (Å²) in [6.07, 6.45) is -9.93. The highest BCUT2D eigenvalue weighted by molar-refractivity contribution is 5.80. The van der Waals surface area contributed by atoms with E-state index in [9.17, 15) is 67.1 Å². The fourth-order valence-electron chi connectivity index (χ4n) is 4.40. The maximum atomic E-state index is 13.0. The number of carbonyl (C=O) groups excluding carboxylic acids is 8. The number of carboxylic acid groups (broad SMARTS) is 6. The summed E-state index contributed by atoms with van der Waals surface area (Å²) in [5, 5.41) is 53.4. The van der Waals surface area contributed by atoms with Gasteiger partial charge in [0, 0.05) is 0 Å². The quantitative estimate of drug-likeness (QED) is 0.0330. The molecule has 0 amide bonds. The smallest absolute Gasteiger partial charge is 0.306 e. The Labute approximate surface area is 372 Å². The number of ether oxygens (including phenoxy) is 8. The maximum Gasteiger partial charge on any atom is 0.306 e.